The molecule has 5 heteroatoms. The lowest BCUT2D eigenvalue weighted by molar-refractivity contribution is -0.161. The molecule has 0 heterocycles. The van der Waals surface area contributed by atoms with Crippen LogP contribution in [-0.2, 0) is 19.1 Å². The Morgan fingerprint density at radius 3 is 0.765 bits per heavy atom. The van der Waals surface area contributed by atoms with Gasteiger partial charge in [0, 0.05) is 12.8 Å². The molecule has 1 unspecified atom stereocenters. The molecular formula is C80H134O5. The van der Waals surface area contributed by atoms with E-state index < -0.39 is 6.10 Å². The summed E-state index contributed by atoms with van der Waals surface area (Å²) in [5.41, 5.74) is 0. The first-order valence-electron chi connectivity index (χ1n) is 35.9. The third-order valence-electron chi connectivity index (χ3n) is 15.4. The lowest BCUT2D eigenvalue weighted by atomic mass is 10.0. The van der Waals surface area contributed by atoms with Crippen molar-refractivity contribution in [3.05, 3.63) is 146 Å². The fourth-order valence-electron chi connectivity index (χ4n) is 10.1. The first-order valence-corrected chi connectivity index (χ1v) is 35.9. The summed E-state index contributed by atoms with van der Waals surface area (Å²) in [7, 11) is 0. The summed E-state index contributed by atoms with van der Waals surface area (Å²) < 4.78 is 10.7. The van der Waals surface area contributed by atoms with Crippen molar-refractivity contribution in [1.82, 2.24) is 0 Å². The lowest BCUT2D eigenvalue weighted by Crippen LogP contribution is -2.28. The number of carbonyl (C=O) groups is 2. The fraction of sp³-hybridized carbons (Fsp3) is 0.675. The molecular weight excluding hydrogens is 1040 g/mol. The maximum Gasteiger partial charge on any atom is 0.306 e. The van der Waals surface area contributed by atoms with Crippen LogP contribution in [0.4, 0.5) is 0 Å². The number of aliphatic hydroxyl groups is 1. The molecule has 0 radical (unpaired) electrons. The van der Waals surface area contributed by atoms with Gasteiger partial charge in [0.2, 0.25) is 0 Å². The normalized spacial score (nSPS) is 13.1. The minimum atomic E-state index is -0.806. The summed E-state index contributed by atoms with van der Waals surface area (Å²) in [6.07, 6.45) is 112. The fourth-order valence-corrected chi connectivity index (χ4v) is 10.1. The molecule has 484 valence electrons. The minimum Gasteiger partial charge on any atom is -0.462 e. The second-order valence-corrected chi connectivity index (χ2v) is 23.6. The Kier molecular flexibility index (Phi) is 70.4. The minimum absolute atomic E-state index is 0.0889. The maximum absolute atomic E-state index is 12.3. The maximum atomic E-state index is 12.3. The van der Waals surface area contributed by atoms with Gasteiger partial charge in [0.15, 0.2) is 6.10 Å². The van der Waals surface area contributed by atoms with Crippen LogP contribution >= 0.6 is 0 Å². The third kappa shape index (κ3) is 72.2. The highest BCUT2D eigenvalue weighted by molar-refractivity contribution is 5.70. The molecule has 0 aliphatic carbocycles. The largest absolute Gasteiger partial charge is 0.462 e. The molecule has 5 nitrogen and oxygen atoms in total. The van der Waals surface area contributed by atoms with E-state index in [-0.39, 0.29) is 25.2 Å². The molecule has 0 aromatic carbocycles. The molecule has 0 saturated carbocycles. The third-order valence-corrected chi connectivity index (χ3v) is 15.4. The Balaban J connectivity index is 3.58. The smallest absolute Gasteiger partial charge is 0.306 e. The Labute approximate surface area is 527 Å². The molecule has 0 aliphatic heterocycles. The number of ether oxygens (including phenoxy) is 2. The van der Waals surface area contributed by atoms with E-state index in [0.29, 0.717) is 12.8 Å². The molecule has 1 atom stereocenters. The summed E-state index contributed by atoms with van der Waals surface area (Å²) in [5.74, 6) is -0.639. The van der Waals surface area contributed by atoms with Crippen LogP contribution in [0.2, 0.25) is 0 Å². The van der Waals surface area contributed by atoms with Gasteiger partial charge >= 0.3 is 11.9 Å². The van der Waals surface area contributed by atoms with Gasteiger partial charge in [0.05, 0.1) is 6.61 Å². The first kappa shape index (κ1) is 80.8. The van der Waals surface area contributed by atoms with Gasteiger partial charge in [0.1, 0.15) is 6.61 Å². The molecule has 0 rings (SSSR count). The standard InChI is InChI=1S/C80H134O5/c1-3-5-7-9-11-13-15-17-19-21-23-25-27-29-31-33-35-37-38-39-40-41-42-43-45-47-49-51-53-55-57-59-61-63-65-67-69-71-73-75-80(83)85-78(76-81)77-84-79(82)74-72-70-68-66-64-62-60-58-56-54-52-50-48-46-44-36-34-32-30-28-26-24-22-20-18-16-14-12-10-8-6-4-2/h5,7,11,13,17,19,23,25,29,31,35,37,39-40,42-43,47,49,53,55,59,61,65,67,78,81H,3-4,6,8-10,12,14-16,18,20-22,24,26-28,30,32-34,36,38,41,44-46,48,50-52,54,56-58,60,62-64,66,68-77H2,1-2H3/b7-5-,13-11-,19-17-,25-23-,31-29-,37-35-,40-39-,43-42-,49-47-,55-53-,61-59-,67-65-. The number of esters is 2. The first-order chi connectivity index (χ1) is 42.1. The lowest BCUT2D eigenvalue weighted by Gasteiger charge is -2.15. The number of carbonyl (C=O) groups excluding carboxylic acids is 2. The number of rotatable bonds is 65. The number of unbranched alkanes of at least 4 members (excludes halogenated alkanes) is 33. The van der Waals surface area contributed by atoms with E-state index in [2.05, 4.69) is 160 Å². The molecule has 0 aliphatic rings. The summed E-state index contributed by atoms with van der Waals surface area (Å²) in [6, 6.07) is 0. The zero-order chi connectivity index (χ0) is 61.2. The number of aliphatic hydroxyl groups excluding tert-OH is 1. The second kappa shape index (κ2) is 74.0. The van der Waals surface area contributed by atoms with E-state index in [9.17, 15) is 14.7 Å². The van der Waals surface area contributed by atoms with Gasteiger partial charge in [-0.05, 0) is 103 Å². The van der Waals surface area contributed by atoms with Crippen LogP contribution < -0.4 is 0 Å². The summed E-state index contributed by atoms with van der Waals surface area (Å²) >= 11 is 0. The average molecular weight is 1180 g/mol. The van der Waals surface area contributed by atoms with Crippen LogP contribution in [0.15, 0.2) is 146 Å². The van der Waals surface area contributed by atoms with Crippen molar-refractivity contribution in [3.63, 3.8) is 0 Å². The number of hydrogen-bond acceptors (Lipinski definition) is 5. The van der Waals surface area contributed by atoms with E-state index in [1.807, 2.05) is 0 Å². The molecule has 0 fully saturated rings. The van der Waals surface area contributed by atoms with Gasteiger partial charge in [-0.15, -0.1) is 0 Å². The molecule has 0 aromatic rings. The summed E-state index contributed by atoms with van der Waals surface area (Å²) in [5, 5.41) is 9.70. The summed E-state index contributed by atoms with van der Waals surface area (Å²) in [6.45, 7) is 4.02. The van der Waals surface area contributed by atoms with Crippen molar-refractivity contribution in [2.75, 3.05) is 13.2 Å². The van der Waals surface area contributed by atoms with Crippen molar-refractivity contribution in [3.8, 4) is 0 Å². The van der Waals surface area contributed by atoms with Crippen LogP contribution in [0.25, 0.3) is 0 Å². The molecule has 0 amide bonds. The monoisotopic (exact) mass is 1180 g/mol. The van der Waals surface area contributed by atoms with Crippen LogP contribution in [0, 0.1) is 0 Å². The van der Waals surface area contributed by atoms with Crippen molar-refractivity contribution >= 4 is 11.9 Å². The number of hydrogen-bond donors (Lipinski definition) is 1. The summed E-state index contributed by atoms with van der Waals surface area (Å²) in [4.78, 5) is 24.6. The zero-order valence-electron chi connectivity index (χ0n) is 55.6. The van der Waals surface area contributed by atoms with Gasteiger partial charge in [-0.2, -0.15) is 0 Å². The second-order valence-electron chi connectivity index (χ2n) is 23.6. The van der Waals surface area contributed by atoms with Gasteiger partial charge in [-0.1, -0.05) is 359 Å². The predicted molar refractivity (Wildman–Crippen MR) is 375 cm³/mol. The molecule has 1 N–H and O–H groups in total. The Bertz CT molecular complexity index is 1760. The predicted octanol–water partition coefficient (Wildman–Crippen LogP) is 25.3. The van der Waals surface area contributed by atoms with Crippen molar-refractivity contribution < 1.29 is 24.2 Å². The zero-order valence-corrected chi connectivity index (χ0v) is 55.6. The van der Waals surface area contributed by atoms with Gasteiger partial charge in [-0.3, -0.25) is 9.59 Å². The molecule has 0 aromatic heterocycles. The van der Waals surface area contributed by atoms with Crippen LogP contribution in [-0.4, -0.2) is 36.4 Å². The highest BCUT2D eigenvalue weighted by Gasteiger charge is 2.16. The Hall–Kier alpha value is -4.22. The highest BCUT2D eigenvalue weighted by Crippen LogP contribution is 2.18. The quantitative estimate of drug-likeness (QED) is 0.0373. The average Bonchev–Trinajstić information content (AvgIpc) is 3.51. The Morgan fingerprint density at radius 1 is 0.282 bits per heavy atom. The van der Waals surface area contributed by atoms with E-state index in [1.165, 1.54) is 186 Å². The van der Waals surface area contributed by atoms with Gasteiger partial charge in [0.25, 0.3) is 0 Å². The highest BCUT2D eigenvalue weighted by atomic mass is 16.6. The van der Waals surface area contributed by atoms with Gasteiger partial charge in [-0.25, -0.2) is 0 Å². The molecule has 0 saturated heterocycles. The van der Waals surface area contributed by atoms with E-state index in [0.717, 1.165) is 116 Å². The van der Waals surface area contributed by atoms with Crippen molar-refractivity contribution in [1.29, 1.82) is 0 Å². The SMILES string of the molecule is CC/C=C\C/C=C\C/C=C\C/C=C\C/C=C\C/C=C\C/C=C\C/C=C\C/C=C\C/C=C\C/C=C\C/C=C\CCCCC(=O)OC(CO)COC(=O)CCCCCCCCCCCCCCCCCCCCCCCCCCCCCCCCCC. The topological polar surface area (TPSA) is 72.8 Å². The van der Waals surface area contributed by atoms with Crippen LogP contribution in [0.1, 0.15) is 328 Å². The van der Waals surface area contributed by atoms with E-state index >= 15 is 0 Å². The van der Waals surface area contributed by atoms with E-state index in [4.69, 9.17) is 9.47 Å². The van der Waals surface area contributed by atoms with E-state index in [1.54, 1.807) is 0 Å². The Morgan fingerprint density at radius 2 is 0.506 bits per heavy atom. The molecule has 0 bridgehead atoms. The molecule has 0 spiro atoms. The van der Waals surface area contributed by atoms with Crippen LogP contribution in [0.5, 0.6) is 0 Å². The van der Waals surface area contributed by atoms with Crippen molar-refractivity contribution in [2.45, 2.75) is 335 Å². The van der Waals surface area contributed by atoms with Crippen LogP contribution in [0.3, 0.4) is 0 Å². The number of allylic oxidation sites excluding steroid dienone is 24. The molecule has 85 heavy (non-hydrogen) atoms. The van der Waals surface area contributed by atoms with Crippen molar-refractivity contribution in [2.24, 2.45) is 0 Å². The van der Waals surface area contributed by atoms with Gasteiger partial charge < -0.3 is 14.6 Å².